The first-order valence-corrected chi connectivity index (χ1v) is 8.30. The number of amides is 1. The Morgan fingerprint density at radius 2 is 2.10 bits per heavy atom. The molecular formula is C17H20N2OS. The molecule has 4 heteroatoms. The van der Waals surface area contributed by atoms with Crippen LogP contribution in [0.2, 0.25) is 0 Å². The molecule has 1 aliphatic rings. The highest BCUT2D eigenvalue weighted by Gasteiger charge is 2.16. The predicted molar refractivity (Wildman–Crippen MR) is 89.3 cm³/mol. The summed E-state index contributed by atoms with van der Waals surface area (Å²) in [5, 5.41) is 4.85. The Morgan fingerprint density at radius 3 is 2.76 bits per heavy atom. The van der Waals surface area contributed by atoms with Gasteiger partial charge in [0.15, 0.2) is 0 Å². The largest absolute Gasteiger partial charge is 0.371 e. The fraction of sp³-hybridized carbons (Fsp3) is 0.353. The first-order chi connectivity index (χ1) is 10.2. The highest BCUT2D eigenvalue weighted by molar-refractivity contribution is 7.12. The Morgan fingerprint density at radius 1 is 1.29 bits per heavy atom. The quantitative estimate of drug-likeness (QED) is 0.919. The van der Waals surface area contributed by atoms with Crippen molar-refractivity contribution < 1.29 is 4.79 Å². The molecule has 1 fully saturated rings. The van der Waals surface area contributed by atoms with Crippen LogP contribution in [0.4, 0.5) is 11.4 Å². The van der Waals surface area contributed by atoms with Crippen molar-refractivity contribution in [3.63, 3.8) is 0 Å². The summed E-state index contributed by atoms with van der Waals surface area (Å²) in [6.07, 6.45) is 2.59. The minimum absolute atomic E-state index is 0.0376. The molecule has 21 heavy (non-hydrogen) atoms. The Labute approximate surface area is 129 Å². The zero-order valence-corrected chi connectivity index (χ0v) is 13.0. The van der Waals surface area contributed by atoms with Gasteiger partial charge in [0.2, 0.25) is 0 Å². The molecule has 1 N–H and O–H groups in total. The van der Waals surface area contributed by atoms with Crippen LogP contribution in [0.25, 0.3) is 0 Å². The lowest BCUT2D eigenvalue weighted by Gasteiger charge is -2.32. The van der Waals surface area contributed by atoms with E-state index in [1.165, 1.54) is 29.9 Å². The van der Waals surface area contributed by atoms with Crippen molar-refractivity contribution in [3.8, 4) is 0 Å². The summed E-state index contributed by atoms with van der Waals surface area (Å²) in [4.78, 5) is 15.2. The van der Waals surface area contributed by atoms with Crippen LogP contribution in [0.1, 0.15) is 29.4 Å². The smallest absolute Gasteiger partial charge is 0.265 e. The van der Waals surface area contributed by atoms with Gasteiger partial charge in [-0.1, -0.05) is 13.0 Å². The van der Waals surface area contributed by atoms with Crippen LogP contribution >= 0.6 is 11.3 Å². The van der Waals surface area contributed by atoms with E-state index in [0.717, 1.165) is 29.6 Å². The molecular weight excluding hydrogens is 280 g/mol. The van der Waals surface area contributed by atoms with Gasteiger partial charge in [0, 0.05) is 24.5 Å². The Hall–Kier alpha value is -1.81. The number of benzene rings is 1. The Balaban J connectivity index is 1.65. The van der Waals surface area contributed by atoms with Crippen molar-refractivity contribution >= 4 is 28.6 Å². The van der Waals surface area contributed by atoms with Gasteiger partial charge in [0.25, 0.3) is 5.91 Å². The molecule has 110 valence electrons. The average Bonchev–Trinajstić information content (AvgIpc) is 3.02. The maximum Gasteiger partial charge on any atom is 0.265 e. The number of piperidine rings is 1. The lowest BCUT2D eigenvalue weighted by Crippen LogP contribution is -2.34. The molecule has 0 radical (unpaired) electrons. The van der Waals surface area contributed by atoms with Crippen molar-refractivity contribution in [2.24, 2.45) is 5.92 Å². The van der Waals surface area contributed by atoms with E-state index in [-0.39, 0.29) is 5.91 Å². The molecule has 1 atom stereocenters. The molecule has 0 bridgehead atoms. The second kappa shape index (κ2) is 6.31. The fourth-order valence-corrected chi connectivity index (χ4v) is 3.40. The van der Waals surface area contributed by atoms with Gasteiger partial charge in [0.05, 0.1) is 4.88 Å². The summed E-state index contributed by atoms with van der Waals surface area (Å²) in [6.45, 7) is 4.56. The van der Waals surface area contributed by atoms with Crippen LogP contribution in [0.3, 0.4) is 0 Å². The second-order valence-corrected chi connectivity index (χ2v) is 6.62. The number of rotatable bonds is 3. The second-order valence-electron chi connectivity index (χ2n) is 5.67. The summed E-state index contributed by atoms with van der Waals surface area (Å²) >= 11 is 1.46. The molecule has 1 saturated heterocycles. The maximum absolute atomic E-state index is 12.0. The SMILES string of the molecule is CC1CCCN(c2ccc(NC(=O)c3cccs3)cc2)C1. The molecule has 0 aliphatic carbocycles. The molecule has 1 aromatic carbocycles. The topological polar surface area (TPSA) is 32.3 Å². The van der Waals surface area contributed by atoms with E-state index in [1.54, 1.807) is 0 Å². The van der Waals surface area contributed by atoms with E-state index < -0.39 is 0 Å². The van der Waals surface area contributed by atoms with Crippen LogP contribution in [0.15, 0.2) is 41.8 Å². The summed E-state index contributed by atoms with van der Waals surface area (Å²) in [5.74, 6) is 0.723. The zero-order chi connectivity index (χ0) is 14.7. The van der Waals surface area contributed by atoms with E-state index in [1.807, 2.05) is 29.6 Å². The number of thiophene rings is 1. The number of hydrogen-bond donors (Lipinski definition) is 1. The third-order valence-corrected chi connectivity index (χ3v) is 4.76. The number of carbonyl (C=O) groups excluding carboxylic acids is 1. The molecule has 2 heterocycles. The van der Waals surface area contributed by atoms with E-state index in [9.17, 15) is 4.79 Å². The average molecular weight is 300 g/mol. The summed E-state index contributed by atoms with van der Waals surface area (Å²) < 4.78 is 0. The van der Waals surface area contributed by atoms with Crippen LogP contribution < -0.4 is 10.2 Å². The van der Waals surface area contributed by atoms with E-state index in [4.69, 9.17) is 0 Å². The normalized spacial score (nSPS) is 18.5. The Kier molecular flexibility index (Phi) is 4.25. The molecule has 2 aromatic rings. The predicted octanol–water partition coefficient (Wildman–Crippen LogP) is 4.24. The van der Waals surface area contributed by atoms with E-state index >= 15 is 0 Å². The standard InChI is InChI=1S/C17H20N2OS/c1-13-4-2-10-19(12-13)15-8-6-14(7-9-15)18-17(20)16-5-3-11-21-16/h3,5-9,11,13H,2,4,10,12H2,1H3,(H,18,20). The van der Waals surface area contributed by atoms with Gasteiger partial charge in [-0.05, 0) is 54.5 Å². The lowest BCUT2D eigenvalue weighted by atomic mass is 10.00. The molecule has 3 rings (SSSR count). The van der Waals surface area contributed by atoms with Crippen molar-refractivity contribution in [1.82, 2.24) is 0 Å². The Bertz CT molecular complexity index is 592. The minimum Gasteiger partial charge on any atom is -0.371 e. The monoisotopic (exact) mass is 300 g/mol. The number of nitrogens with zero attached hydrogens (tertiary/aromatic N) is 1. The third-order valence-electron chi connectivity index (χ3n) is 3.89. The van der Waals surface area contributed by atoms with Gasteiger partial charge >= 0.3 is 0 Å². The highest BCUT2D eigenvalue weighted by atomic mass is 32.1. The van der Waals surface area contributed by atoms with Gasteiger partial charge < -0.3 is 10.2 Å². The molecule has 1 aliphatic heterocycles. The van der Waals surface area contributed by atoms with E-state index in [0.29, 0.717) is 0 Å². The summed E-state index contributed by atoms with van der Waals surface area (Å²) in [5.41, 5.74) is 2.10. The van der Waals surface area contributed by atoms with Gasteiger partial charge in [-0.3, -0.25) is 4.79 Å². The van der Waals surface area contributed by atoms with Gasteiger partial charge in [-0.2, -0.15) is 0 Å². The first-order valence-electron chi connectivity index (χ1n) is 7.42. The first kappa shape index (κ1) is 14.1. The van der Waals surface area contributed by atoms with Crippen molar-refractivity contribution in [3.05, 3.63) is 46.7 Å². The number of hydrogen-bond acceptors (Lipinski definition) is 3. The van der Waals surface area contributed by atoms with Crippen molar-refractivity contribution in [2.75, 3.05) is 23.3 Å². The van der Waals surface area contributed by atoms with E-state index in [2.05, 4.69) is 29.3 Å². The van der Waals surface area contributed by atoms with Crippen LogP contribution in [0, 0.1) is 5.92 Å². The highest BCUT2D eigenvalue weighted by Crippen LogP contribution is 2.24. The maximum atomic E-state index is 12.0. The van der Waals surface area contributed by atoms with Crippen LogP contribution in [-0.4, -0.2) is 19.0 Å². The number of carbonyl (C=O) groups is 1. The van der Waals surface area contributed by atoms with Crippen LogP contribution in [-0.2, 0) is 0 Å². The molecule has 3 nitrogen and oxygen atoms in total. The summed E-state index contributed by atoms with van der Waals surface area (Å²) in [7, 11) is 0. The van der Waals surface area contributed by atoms with Crippen molar-refractivity contribution in [2.45, 2.75) is 19.8 Å². The minimum atomic E-state index is -0.0376. The molecule has 1 unspecified atom stereocenters. The third kappa shape index (κ3) is 3.45. The van der Waals surface area contributed by atoms with Crippen molar-refractivity contribution in [1.29, 1.82) is 0 Å². The zero-order valence-electron chi connectivity index (χ0n) is 12.2. The molecule has 0 spiro atoms. The molecule has 0 saturated carbocycles. The summed E-state index contributed by atoms with van der Waals surface area (Å²) in [6, 6.07) is 11.9. The van der Waals surface area contributed by atoms with Gasteiger partial charge in [-0.25, -0.2) is 0 Å². The van der Waals surface area contributed by atoms with Gasteiger partial charge in [0.1, 0.15) is 0 Å². The van der Waals surface area contributed by atoms with Crippen LogP contribution in [0.5, 0.6) is 0 Å². The van der Waals surface area contributed by atoms with Gasteiger partial charge in [-0.15, -0.1) is 11.3 Å². The lowest BCUT2D eigenvalue weighted by molar-refractivity contribution is 0.103. The fourth-order valence-electron chi connectivity index (χ4n) is 2.78. The molecule has 1 amide bonds. The number of nitrogens with one attached hydrogen (secondary N) is 1. The molecule has 1 aromatic heterocycles. The number of anilines is 2.